The molecule has 0 aromatic heterocycles. The highest BCUT2D eigenvalue weighted by Crippen LogP contribution is 2.28. The number of hydrogen-bond acceptors (Lipinski definition) is 3. The Kier molecular flexibility index (Phi) is 6.31. The van der Waals surface area contributed by atoms with Gasteiger partial charge in [0.15, 0.2) is 0 Å². The number of nitrogens with one attached hydrogen (secondary N) is 1. The number of rotatable bonds is 6. The third-order valence-corrected chi connectivity index (χ3v) is 5.59. The second-order valence-electron chi connectivity index (χ2n) is 6.44. The summed E-state index contributed by atoms with van der Waals surface area (Å²) < 4.78 is 25.6. The number of para-hydroxylation sites is 1. The van der Waals surface area contributed by atoms with Crippen LogP contribution in [-0.2, 0) is 14.8 Å². The summed E-state index contributed by atoms with van der Waals surface area (Å²) in [7, 11) is -3.66. The fourth-order valence-electron chi connectivity index (χ4n) is 2.68. The van der Waals surface area contributed by atoms with Gasteiger partial charge in [-0.3, -0.25) is 9.10 Å². The Hall–Kier alpha value is -2.05. The van der Waals surface area contributed by atoms with Gasteiger partial charge in [0.2, 0.25) is 15.9 Å². The van der Waals surface area contributed by atoms with Crippen molar-refractivity contribution >= 4 is 38.9 Å². The molecule has 7 heteroatoms. The molecule has 0 atom stereocenters. The molecule has 140 valence electrons. The van der Waals surface area contributed by atoms with Crippen LogP contribution < -0.4 is 9.62 Å². The van der Waals surface area contributed by atoms with Crippen LogP contribution in [0, 0.1) is 6.92 Å². The van der Waals surface area contributed by atoms with Gasteiger partial charge in [-0.15, -0.1) is 0 Å². The molecule has 2 aromatic rings. The zero-order valence-electron chi connectivity index (χ0n) is 15.3. The molecule has 0 saturated heterocycles. The molecule has 2 rings (SSSR count). The van der Waals surface area contributed by atoms with Gasteiger partial charge in [-0.2, -0.15) is 0 Å². The summed E-state index contributed by atoms with van der Waals surface area (Å²) >= 11 is 6.11. The van der Waals surface area contributed by atoms with Gasteiger partial charge < -0.3 is 5.32 Å². The molecule has 2 aromatic carbocycles. The van der Waals surface area contributed by atoms with Crippen molar-refractivity contribution in [3.8, 4) is 0 Å². The number of benzene rings is 2. The molecule has 0 aliphatic heterocycles. The summed E-state index contributed by atoms with van der Waals surface area (Å²) in [5.74, 6) is -0.185. The average molecular weight is 395 g/mol. The predicted molar refractivity (Wildman–Crippen MR) is 108 cm³/mol. The first-order chi connectivity index (χ1) is 12.1. The van der Waals surface area contributed by atoms with Crippen LogP contribution in [0.3, 0.4) is 0 Å². The number of amides is 1. The Morgan fingerprint density at radius 1 is 1.15 bits per heavy atom. The Labute approximate surface area is 160 Å². The van der Waals surface area contributed by atoms with Crippen LogP contribution >= 0.6 is 11.6 Å². The smallest absolute Gasteiger partial charge is 0.245 e. The molecule has 0 unspecified atom stereocenters. The fourth-order valence-corrected chi connectivity index (χ4v) is 3.76. The molecule has 1 N–H and O–H groups in total. The monoisotopic (exact) mass is 394 g/mol. The molecule has 0 aliphatic carbocycles. The fraction of sp³-hybridized carbons (Fsp3) is 0.316. The van der Waals surface area contributed by atoms with Crippen molar-refractivity contribution in [1.29, 1.82) is 0 Å². The van der Waals surface area contributed by atoms with Crippen molar-refractivity contribution in [1.82, 2.24) is 0 Å². The maximum atomic E-state index is 12.6. The number of nitrogens with zero attached hydrogens (tertiary/aromatic N) is 1. The zero-order chi connectivity index (χ0) is 19.5. The lowest BCUT2D eigenvalue weighted by Crippen LogP contribution is -2.38. The van der Waals surface area contributed by atoms with Crippen molar-refractivity contribution in [2.75, 3.05) is 22.4 Å². The number of carbonyl (C=O) groups excluding carboxylic acids is 1. The molecule has 0 fully saturated rings. The van der Waals surface area contributed by atoms with Crippen LogP contribution in [0.25, 0.3) is 0 Å². The summed E-state index contributed by atoms with van der Waals surface area (Å²) in [6.07, 6.45) is 1.07. The van der Waals surface area contributed by atoms with Crippen LogP contribution in [0.4, 0.5) is 11.4 Å². The quantitative estimate of drug-likeness (QED) is 0.799. The number of sulfonamides is 1. The summed E-state index contributed by atoms with van der Waals surface area (Å²) in [4.78, 5) is 12.6. The van der Waals surface area contributed by atoms with E-state index in [2.05, 4.69) is 5.32 Å². The van der Waals surface area contributed by atoms with Crippen molar-refractivity contribution in [3.05, 3.63) is 58.6 Å². The van der Waals surface area contributed by atoms with E-state index in [0.29, 0.717) is 22.0 Å². The van der Waals surface area contributed by atoms with Crippen molar-refractivity contribution < 1.29 is 13.2 Å². The highest BCUT2D eigenvalue weighted by atomic mass is 35.5. The number of hydrogen-bond donors (Lipinski definition) is 1. The van der Waals surface area contributed by atoms with Gasteiger partial charge >= 0.3 is 0 Å². The highest BCUT2D eigenvalue weighted by Gasteiger charge is 2.23. The van der Waals surface area contributed by atoms with Crippen LogP contribution in [0.1, 0.15) is 30.9 Å². The Balaban J connectivity index is 2.31. The Morgan fingerprint density at radius 2 is 1.81 bits per heavy atom. The normalized spacial score (nSPS) is 11.5. The lowest BCUT2D eigenvalue weighted by atomic mass is 10.0. The molecular formula is C19H23ClN2O3S. The van der Waals surface area contributed by atoms with Crippen molar-refractivity contribution in [2.45, 2.75) is 26.7 Å². The van der Waals surface area contributed by atoms with E-state index in [-0.39, 0.29) is 12.5 Å². The molecule has 0 heterocycles. The predicted octanol–water partition coefficient (Wildman–Crippen LogP) is 4.18. The van der Waals surface area contributed by atoms with Gasteiger partial charge in [0, 0.05) is 10.7 Å². The van der Waals surface area contributed by atoms with Crippen molar-refractivity contribution in [2.24, 2.45) is 0 Å². The molecule has 1 amide bonds. The summed E-state index contributed by atoms with van der Waals surface area (Å²) in [5, 5.41) is 3.27. The van der Waals surface area contributed by atoms with E-state index in [1.807, 2.05) is 38.1 Å². The minimum Gasteiger partial charge on any atom is -0.324 e. The van der Waals surface area contributed by atoms with Gasteiger partial charge in [0.05, 0.1) is 11.9 Å². The first-order valence-electron chi connectivity index (χ1n) is 8.23. The van der Waals surface area contributed by atoms with Gasteiger partial charge in [-0.25, -0.2) is 8.42 Å². The first-order valence-corrected chi connectivity index (χ1v) is 10.5. The standard InChI is InChI=1S/C19H23ClN2O3S/c1-13(2)15-8-5-6-10-17(15)21-19(23)12-22(26(4,24)25)18-11-7-9-16(20)14(18)3/h5-11,13H,12H2,1-4H3,(H,21,23). The van der Waals surface area contributed by atoms with E-state index in [9.17, 15) is 13.2 Å². The number of anilines is 2. The summed E-state index contributed by atoms with van der Waals surface area (Å²) in [5.41, 5.74) is 2.68. The number of carbonyl (C=O) groups is 1. The Bertz CT molecular complexity index is 911. The molecule has 0 bridgehead atoms. The van der Waals surface area contributed by atoms with E-state index in [0.717, 1.165) is 16.1 Å². The van der Waals surface area contributed by atoms with Crippen molar-refractivity contribution in [3.63, 3.8) is 0 Å². The SMILES string of the molecule is Cc1c(Cl)cccc1N(CC(=O)Nc1ccccc1C(C)C)S(C)(=O)=O. The lowest BCUT2D eigenvalue weighted by molar-refractivity contribution is -0.114. The first kappa shape index (κ1) is 20.3. The molecule has 0 saturated carbocycles. The third kappa shape index (κ3) is 4.77. The van der Waals surface area contributed by atoms with Gasteiger partial charge in [0.1, 0.15) is 6.54 Å². The molecule has 0 radical (unpaired) electrons. The third-order valence-electron chi connectivity index (χ3n) is 4.05. The van der Waals surface area contributed by atoms with E-state index in [4.69, 9.17) is 11.6 Å². The second-order valence-corrected chi connectivity index (χ2v) is 8.76. The average Bonchev–Trinajstić information content (AvgIpc) is 2.55. The topological polar surface area (TPSA) is 66.5 Å². The van der Waals surface area contributed by atoms with Gasteiger partial charge in [0.25, 0.3) is 0 Å². The van der Waals surface area contributed by atoms with E-state index in [1.165, 1.54) is 0 Å². The van der Waals surface area contributed by atoms with Crippen LogP contribution in [0.5, 0.6) is 0 Å². The summed E-state index contributed by atoms with van der Waals surface area (Å²) in [6, 6.07) is 12.5. The minimum atomic E-state index is -3.66. The second kappa shape index (κ2) is 8.10. The zero-order valence-corrected chi connectivity index (χ0v) is 16.9. The molecule has 0 aliphatic rings. The maximum absolute atomic E-state index is 12.6. The molecular weight excluding hydrogens is 372 g/mol. The van der Waals surface area contributed by atoms with Crippen LogP contribution in [-0.4, -0.2) is 27.1 Å². The van der Waals surface area contributed by atoms with Gasteiger partial charge in [-0.05, 0) is 42.2 Å². The molecule has 5 nitrogen and oxygen atoms in total. The van der Waals surface area contributed by atoms with Crippen LogP contribution in [0.15, 0.2) is 42.5 Å². The lowest BCUT2D eigenvalue weighted by Gasteiger charge is -2.24. The van der Waals surface area contributed by atoms with Gasteiger partial charge in [-0.1, -0.05) is 49.7 Å². The van der Waals surface area contributed by atoms with Crippen LogP contribution in [0.2, 0.25) is 5.02 Å². The molecule has 0 spiro atoms. The minimum absolute atomic E-state index is 0.229. The molecule has 26 heavy (non-hydrogen) atoms. The highest BCUT2D eigenvalue weighted by molar-refractivity contribution is 7.92. The maximum Gasteiger partial charge on any atom is 0.245 e. The summed E-state index contributed by atoms with van der Waals surface area (Å²) in [6.45, 7) is 5.46. The largest absolute Gasteiger partial charge is 0.324 e. The Morgan fingerprint density at radius 3 is 2.42 bits per heavy atom. The number of halogens is 1. The van der Waals surface area contributed by atoms with E-state index in [1.54, 1.807) is 25.1 Å². The van der Waals surface area contributed by atoms with E-state index < -0.39 is 15.9 Å². The van der Waals surface area contributed by atoms with E-state index >= 15 is 0 Å².